The van der Waals surface area contributed by atoms with E-state index in [-0.39, 0.29) is 17.5 Å². The molecule has 2 aliphatic heterocycles. The molecule has 6 rings (SSSR count). The van der Waals surface area contributed by atoms with E-state index in [1.807, 2.05) is 25.1 Å². The van der Waals surface area contributed by atoms with Gasteiger partial charge in [-0.3, -0.25) is 14.3 Å². The van der Waals surface area contributed by atoms with Gasteiger partial charge in [0.05, 0.1) is 33.3 Å². The van der Waals surface area contributed by atoms with Crippen molar-refractivity contribution in [1.29, 1.82) is 0 Å². The second kappa shape index (κ2) is 9.27. The standard InChI is InChI=1S/C29H30ClN5O3/c1-16(2)24-25(17(3)10-11-31-24)35-21-14-20(19-9-7-12-33(4)28(19)36)23(30)26-22(21)27(32-29(35)37)34-13-6-5-8-18(34)15-38-26/h7,9-12,14,16,18H,5-6,8,13,15H2,1-4H3/t18-/m0/s1. The van der Waals surface area contributed by atoms with E-state index < -0.39 is 5.69 Å². The Morgan fingerprint density at radius 1 is 1.16 bits per heavy atom. The molecule has 8 nitrogen and oxygen atoms in total. The van der Waals surface area contributed by atoms with E-state index in [9.17, 15) is 9.59 Å². The Labute approximate surface area is 225 Å². The monoisotopic (exact) mass is 531 g/mol. The fourth-order valence-corrected chi connectivity index (χ4v) is 6.09. The van der Waals surface area contributed by atoms with Crippen LogP contribution in [0.25, 0.3) is 27.7 Å². The minimum absolute atomic E-state index is 0.0672. The van der Waals surface area contributed by atoms with Crippen molar-refractivity contribution in [2.45, 2.75) is 52.0 Å². The molecule has 0 saturated carbocycles. The zero-order chi connectivity index (χ0) is 26.7. The summed E-state index contributed by atoms with van der Waals surface area (Å²) >= 11 is 7.05. The van der Waals surface area contributed by atoms with Crippen LogP contribution >= 0.6 is 11.6 Å². The Balaban J connectivity index is 1.80. The molecular weight excluding hydrogens is 502 g/mol. The molecule has 3 aromatic heterocycles. The maximum atomic E-state index is 14.0. The Kier molecular flexibility index (Phi) is 6.02. The molecule has 0 N–H and O–H groups in total. The van der Waals surface area contributed by atoms with Crippen molar-refractivity contribution in [2.75, 3.05) is 18.1 Å². The van der Waals surface area contributed by atoms with Gasteiger partial charge in [0, 0.05) is 37.1 Å². The van der Waals surface area contributed by atoms with E-state index in [1.165, 1.54) is 4.57 Å². The number of nitrogens with zero attached hydrogens (tertiary/aromatic N) is 5. The number of fused-ring (bicyclic) bond motifs is 2. The van der Waals surface area contributed by atoms with E-state index in [4.69, 9.17) is 16.3 Å². The number of hydrogen-bond donors (Lipinski definition) is 0. The highest BCUT2D eigenvalue weighted by molar-refractivity contribution is 6.36. The first-order valence-electron chi connectivity index (χ1n) is 13.1. The number of anilines is 1. The third kappa shape index (κ3) is 3.73. The smallest absolute Gasteiger partial charge is 0.354 e. The minimum Gasteiger partial charge on any atom is -0.489 e. The van der Waals surface area contributed by atoms with E-state index in [2.05, 4.69) is 28.7 Å². The molecule has 1 saturated heterocycles. The lowest BCUT2D eigenvalue weighted by atomic mass is 10.0. The molecule has 0 amide bonds. The lowest BCUT2D eigenvalue weighted by Gasteiger charge is -2.35. The van der Waals surface area contributed by atoms with Gasteiger partial charge < -0.3 is 14.2 Å². The van der Waals surface area contributed by atoms with Crippen LogP contribution in [0.5, 0.6) is 5.75 Å². The molecule has 5 heterocycles. The highest BCUT2D eigenvalue weighted by Crippen LogP contribution is 2.46. The normalized spacial score (nSPS) is 16.9. The van der Waals surface area contributed by atoms with Crippen LogP contribution in [0.4, 0.5) is 5.82 Å². The van der Waals surface area contributed by atoms with Gasteiger partial charge in [-0.15, -0.1) is 0 Å². The zero-order valence-corrected chi connectivity index (χ0v) is 22.7. The van der Waals surface area contributed by atoms with Gasteiger partial charge in [-0.2, -0.15) is 4.98 Å². The Morgan fingerprint density at radius 3 is 2.76 bits per heavy atom. The number of pyridine rings is 2. The van der Waals surface area contributed by atoms with Crippen LogP contribution in [0.3, 0.4) is 0 Å². The second-order valence-electron chi connectivity index (χ2n) is 10.5. The maximum absolute atomic E-state index is 14.0. The first-order valence-corrected chi connectivity index (χ1v) is 13.5. The molecule has 1 aromatic carbocycles. The van der Waals surface area contributed by atoms with Crippen molar-refractivity contribution in [3.05, 3.63) is 73.8 Å². The number of piperidine rings is 1. The van der Waals surface area contributed by atoms with Gasteiger partial charge in [0.25, 0.3) is 5.56 Å². The molecular formula is C29H30ClN5O3. The summed E-state index contributed by atoms with van der Waals surface area (Å²) < 4.78 is 9.58. The van der Waals surface area contributed by atoms with Crippen LogP contribution in [-0.2, 0) is 7.05 Å². The summed E-state index contributed by atoms with van der Waals surface area (Å²) in [6, 6.07) is 7.39. The van der Waals surface area contributed by atoms with Crippen LogP contribution in [0.15, 0.2) is 46.2 Å². The Bertz CT molecular complexity index is 1710. The summed E-state index contributed by atoms with van der Waals surface area (Å²) in [4.78, 5) is 38.7. The molecule has 0 spiro atoms. The molecule has 4 aromatic rings. The highest BCUT2D eigenvalue weighted by atomic mass is 35.5. The molecule has 196 valence electrons. The summed E-state index contributed by atoms with van der Waals surface area (Å²) in [6.45, 7) is 7.29. The van der Waals surface area contributed by atoms with Gasteiger partial charge in [0.2, 0.25) is 0 Å². The molecule has 1 fully saturated rings. The highest BCUT2D eigenvalue weighted by Gasteiger charge is 2.34. The van der Waals surface area contributed by atoms with E-state index in [1.54, 1.807) is 30.1 Å². The number of halogens is 1. The third-order valence-electron chi connectivity index (χ3n) is 7.71. The lowest BCUT2D eigenvalue weighted by Crippen LogP contribution is -2.43. The van der Waals surface area contributed by atoms with Crippen molar-refractivity contribution < 1.29 is 4.74 Å². The minimum atomic E-state index is -0.392. The van der Waals surface area contributed by atoms with E-state index in [0.29, 0.717) is 50.9 Å². The molecule has 2 aliphatic rings. The van der Waals surface area contributed by atoms with Gasteiger partial charge in [0.1, 0.15) is 12.4 Å². The maximum Gasteiger partial charge on any atom is 0.354 e. The van der Waals surface area contributed by atoms with Crippen LogP contribution in [0.1, 0.15) is 50.3 Å². The molecule has 0 radical (unpaired) electrons. The fraction of sp³-hybridized carbons (Fsp3) is 0.379. The zero-order valence-electron chi connectivity index (χ0n) is 22.0. The van der Waals surface area contributed by atoms with Gasteiger partial charge in [0.15, 0.2) is 5.75 Å². The first kappa shape index (κ1) is 24.7. The van der Waals surface area contributed by atoms with Gasteiger partial charge in [-0.05, 0) is 61.9 Å². The van der Waals surface area contributed by atoms with Crippen molar-refractivity contribution in [1.82, 2.24) is 19.1 Å². The predicted molar refractivity (Wildman–Crippen MR) is 150 cm³/mol. The van der Waals surface area contributed by atoms with E-state index >= 15 is 0 Å². The summed E-state index contributed by atoms with van der Waals surface area (Å²) in [6.07, 6.45) is 6.52. The molecule has 38 heavy (non-hydrogen) atoms. The van der Waals surface area contributed by atoms with E-state index in [0.717, 1.165) is 37.1 Å². The quantitative estimate of drug-likeness (QED) is 0.371. The lowest BCUT2D eigenvalue weighted by molar-refractivity contribution is 0.268. The number of aromatic nitrogens is 4. The van der Waals surface area contributed by atoms with Gasteiger partial charge in [-0.1, -0.05) is 25.4 Å². The number of ether oxygens (including phenoxy) is 1. The molecule has 0 aliphatic carbocycles. The first-order chi connectivity index (χ1) is 18.3. The Hall–Kier alpha value is -3.65. The largest absolute Gasteiger partial charge is 0.489 e. The Morgan fingerprint density at radius 2 is 1.97 bits per heavy atom. The second-order valence-corrected chi connectivity index (χ2v) is 10.9. The summed E-state index contributed by atoms with van der Waals surface area (Å²) in [5.74, 6) is 1.13. The van der Waals surface area contributed by atoms with Gasteiger partial charge >= 0.3 is 5.69 Å². The van der Waals surface area contributed by atoms with Crippen molar-refractivity contribution in [2.24, 2.45) is 7.05 Å². The summed E-state index contributed by atoms with van der Waals surface area (Å²) in [5.41, 5.74) is 3.38. The van der Waals surface area contributed by atoms with Crippen molar-refractivity contribution in [3.63, 3.8) is 0 Å². The van der Waals surface area contributed by atoms with Crippen LogP contribution in [0.2, 0.25) is 5.02 Å². The van der Waals surface area contributed by atoms with Crippen LogP contribution in [0, 0.1) is 6.92 Å². The molecule has 9 heteroatoms. The van der Waals surface area contributed by atoms with Crippen LogP contribution in [-0.4, -0.2) is 38.3 Å². The number of benzene rings is 1. The molecule has 1 atom stereocenters. The van der Waals surface area contributed by atoms with Crippen molar-refractivity contribution >= 4 is 28.3 Å². The average Bonchev–Trinajstić information content (AvgIpc) is 3.06. The van der Waals surface area contributed by atoms with Crippen LogP contribution < -0.4 is 20.9 Å². The van der Waals surface area contributed by atoms with Crippen molar-refractivity contribution in [3.8, 4) is 22.6 Å². The fourth-order valence-electron chi connectivity index (χ4n) is 5.79. The number of rotatable bonds is 3. The SMILES string of the molecule is Cc1ccnc(C(C)C)c1-n1c(=O)nc2c3c(c(Cl)c(-c4cccn(C)c4=O)cc31)OC[C@@H]1CCCCN21. The molecule has 0 unspecified atom stereocenters. The topological polar surface area (TPSA) is 82.2 Å². The van der Waals surface area contributed by atoms with Gasteiger partial charge in [-0.25, -0.2) is 4.79 Å². The third-order valence-corrected chi connectivity index (χ3v) is 8.09. The summed E-state index contributed by atoms with van der Waals surface area (Å²) in [7, 11) is 1.70. The molecule has 0 bridgehead atoms. The number of aryl methyl sites for hydroxylation is 2. The predicted octanol–water partition coefficient (Wildman–Crippen LogP) is 4.98. The number of hydrogen-bond acceptors (Lipinski definition) is 6. The summed E-state index contributed by atoms with van der Waals surface area (Å²) in [5, 5.41) is 1.04. The average molecular weight is 532 g/mol.